The van der Waals surface area contributed by atoms with E-state index in [-0.39, 0.29) is 16.4 Å². The first-order valence-corrected chi connectivity index (χ1v) is 8.80. The molecule has 2 rings (SSSR count). The number of rotatable bonds is 5. The molecule has 2 aromatic carbocycles. The quantitative estimate of drug-likeness (QED) is 0.848. The van der Waals surface area contributed by atoms with E-state index in [0.29, 0.717) is 11.4 Å². The molecule has 0 unspecified atom stereocenters. The zero-order valence-corrected chi connectivity index (χ0v) is 14.8. The zero-order chi connectivity index (χ0) is 18.6. The second-order valence-electron chi connectivity index (χ2n) is 5.32. The van der Waals surface area contributed by atoms with Gasteiger partial charge < -0.3 is 10.1 Å². The van der Waals surface area contributed by atoms with Crippen LogP contribution in [0, 0.1) is 6.92 Å². The highest BCUT2D eigenvalue weighted by molar-refractivity contribution is 7.90. The summed E-state index contributed by atoms with van der Waals surface area (Å²) in [7, 11) is -2.57. The van der Waals surface area contributed by atoms with E-state index < -0.39 is 15.9 Å². The first kappa shape index (κ1) is 18.5. The van der Waals surface area contributed by atoms with Crippen LogP contribution in [0.25, 0.3) is 0 Å². The molecule has 0 bridgehead atoms. The van der Waals surface area contributed by atoms with Crippen LogP contribution in [0.4, 0.5) is 5.69 Å². The van der Waals surface area contributed by atoms with Crippen molar-refractivity contribution in [3.63, 3.8) is 0 Å². The van der Waals surface area contributed by atoms with Gasteiger partial charge >= 0.3 is 0 Å². The van der Waals surface area contributed by atoms with Gasteiger partial charge in [-0.2, -0.15) is 0 Å². The molecule has 0 atom stereocenters. The van der Waals surface area contributed by atoms with Crippen molar-refractivity contribution in [1.82, 2.24) is 4.72 Å². The normalized spacial score (nSPS) is 10.8. The first-order chi connectivity index (χ1) is 11.7. The molecule has 0 spiro atoms. The van der Waals surface area contributed by atoms with Gasteiger partial charge in [0.2, 0.25) is 5.91 Å². The molecule has 0 heterocycles. The Morgan fingerprint density at radius 1 is 1.04 bits per heavy atom. The molecule has 0 aliphatic carbocycles. The Labute approximate surface area is 146 Å². The number of aryl methyl sites for hydroxylation is 1. The highest BCUT2D eigenvalue weighted by Crippen LogP contribution is 2.20. The zero-order valence-electron chi connectivity index (χ0n) is 14.0. The van der Waals surface area contributed by atoms with Gasteiger partial charge in [0.1, 0.15) is 5.75 Å². The average molecular weight is 362 g/mol. The molecule has 8 heteroatoms. The van der Waals surface area contributed by atoms with Gasteiger partial charge in [-0.3, -0.25) is 9.59 Å². The third-order valence-corrected chi connectivity index (χ3v) is 4.73. The lowest BCUT2D eigenvalue weighted by Crippen LogP contribution is -2.30. The minimum atomic E-state index is -4.04. The van der Waals surface area contributed by atoms with Crippen LogP contribution < -0.4 is 14.8 Å². The molecule has 25 heavy (non-hydrogen) atoms. The predicted octanol–water partition coefficient (Wildman–Crippen LogP) is 2.08. The largest absolute Gasteiger partial charge is 0.496 e. The van der Waals surface area contributed by atoms with E-state index in [1.807, 2.05) is 11.6 Å². The van der Waals surface area contributed by atoms with Crippen LogP contribution in [0.2, 0.25) is 0 Å². The standard InChI is InChI=1S/C17H18N2O5S/c1-11-4-5-13(10-16(11)24-3)17(21)19-25(22,23)15-8-6-14(7-9-15)18-12(2)20/h4-10H,1-3H3,(H,18,20)(H,19,21). The van der Waals surface area contributed by atoms with Gasteiger partial charge in [0, 0.05) is 18.2 Å². The number of carbonyl (C=O) groups is 2. The SMILES string of the molecule is COc1cc(C(=O)NS(=O)(=O)c2ccc(NC(C)=O)cc2)ccc1C. The molecule has 7 nitrogen and oxygen atoms in total. The Hall–Kier alpha value is -2.87. The fourth-order valence-electron chi connectivity index (χ4n) is 2.12. The van der Waals surface area contributed by atoms with Crippen LogP contribution in [-0.2, 0) is 14.8 Å². The Bertz CT molecular complexity index is 905. The Morgan fingerprint density at radius 2 is 1.68 bits per heavy atom. The van der Waals surface area contributed by atoms with Crippen LogP contribution in [-0.4, -0.2) is 27.3 Å². The molecule has 0 radical (unpaired) electrons. The van der Waals surface area contributed by atoms with Gasteiger partial charge in [0.05, 0.1) is 12.0 Å². The van der Waals surface area contributed by atoms with Crippen LogP contribution in [0.1, 0.15) is 22.8 Å². The number of ether oxygens (including phenoxy) is 1. The number of hydrogen-bond acceptors (Lipinski definition) is 5. The second kappa shape index (κ2) is 7.35. The molecule has 0 aliphatic heterocycles. The number of amides is 2. The predicted molar refractivity (Wildman–Crippen MR) is 93.1 cm³/mol. The molecule has 0 saturated heterocycles. The smallest absolute Gasteiger partial charge is 0.265 e. The molecule has 2 amide bonds. The van der Waals surface area contributed by atoms with Crippen molar-refractivity contribution >= 4 is 27.5 Å². The molecule has 0 fully saturated rings. The van der Waals surface area contributed by atoms with Crippen LogP contribution in [0.15, 0.2) is 47.4 Å². The second-order valence-corrected chi connectivity index (χ2v) is 7.01. The minimum absolute atomic E-state index is 0.0889. The summed E-state index contributed by atoms with van der Waals surface area (Å²) in [4.78, 5) is 23.1. The minimum Gasteiger partial charge on any atom is -0.496 e. The number of anilines is 1. The molecular formula is C17H18N2O5S. The summed E-state index contributed by atoms with van der Waals surface area (Å²) in [5.41, 5.74) is 1.46. The number of nitrogens with one attached hydrogen (secondary N) is 2. The van der Waals surface area contributed by atoms with Crippen LogP contribution >= 0.6 is 0 Å². The maximum absolute atomic E-state index is 12.3. The maximum Gasteiger partial charge on any atom is 0.265 e. The number of hydrogen-bond donors (Lipinski definition) is 2. The van der Waals surface area contributed by atoms with Gasteiger partial charge in [-0.1, -0.05) is 6.07 Å². The van der Waals surface area contributed by atoms with Gasteiger partial charge in [-0.25, -0.2) is 13.1 Å². The van der Waals surface area contributed by atoms with Crippen molar-refractivity contribution in [3.05, 3.63) is 53.6 Å². The Morgan fingerprint density at radius 3 is 2.24 bits per heavy atom. The summed E-state index contributed by atoms with van der Waals surface area (Å²) in [5.74, 6) is -0.536. The van der Waals surface area contributed by atoms with Gasteiger partial charge in [0.15, 0.2) is 0 Å². The number of benzene rings is 2. The molecule has 2 aromatic rings. The highest BCUT2D eigenvalue weighted by Gasteiger charge is 2.19. The van der Waals surface area contributed by atoms with Crippen molar-refractivity contribution in [2.24, 2.45) is 0 Å². The van der Waals surface area contributed by atoms with Crippen molar-refractivity contribution in [2.45, 2.75) is 18.7 Å². The van der Waals surface area contributed by atoms with E-state index in [4.69, 9.17) is 4.74 Å². The van der Waals surface area contributed by atoms with Gasteiger partial charge in [0.25, 0.3) is 15.9 Å². The lowest BCUT2D eigenvalue weighted by atomic mass is 10.1. The highest BCUT2D eigenvalue weighted by atomic mass is 32.2. The van der Waals surface area contributed by atoms with E-state index in [1.54, 1.807) is 6.07 Å². The van der Waals surface area contributed by atoms with Crippen LogP contribution in [0.3, 0.4) is 0 Å². The van der Waals surface area contributed by atoms with E-state index >= 15 is 0 Å². The fourth-order valence-corrected chi connectivity index (χ4v) is 3.10. The Kier molecular flexibility index (Phi) is 5.43. The van der Waals surface area contributed by atoms with Crippen LogP contribution in [0.5, 0.6) is 5.75 Å². The third kappa shape index (κ3) is 4.57. The van der Waals surface area contributed by atoms with Crippen molar-refractivity contribution in [2.75, 3.05) is 12.4 Å². The summed E-state index contributed by atoms with van der Waals surface area (Å²) < 4.78 is 31.8. The molecular weight excluding hydrogens is 344 g/mol. The van der Waals surface area contributed by atoms with E-state index in [9.17, 15) is 18.0 Å². The lowest BCUT2D eigenvalue weighted by molar-refractivity contribution is -0.114. The fraction of sp³-hybridized carbons (Fsp3) is 0.176. The van der Waals surface area contributed by atoms with Gasteiger partial charge in [-0.05, 0) is 48.9 Å². The molecule has 0 aliphatic rings. The summed E-state index contributed by atoms with van der Waals surface area (Å²) in [6.45, 7) is 3.16. The molecule has 2 N–H and O–H groups in total. The number of carbonyl (C=O) groups excluding carboxylic acids is 2. The summed E-state index contributed by atoms with van der Waals surface area (Å²) >= 11 is 0. The van der Waals surface area contributed by atoms with Crippen molar-refractivity contribution in [3.8, 4) is 5.75 Å². The average Bonchev–Trinajstić information content (AvgIpc) is 2.54. The maximum atomic E-state index is 12.3. The molecule has 0 aromatic heterocycles. The molecule has 132 valence electrons. The summed E-state index contributed by atoms with van der Waals surface area (Å²) in [5, 5.41) is 2.53. The topological polar surface area (TPSA) is 102 Å². The first-order valence-electron chi connectivity index (χ1n) is 7.32. The van der Waals surface area contributed by atoms with E-state index in [0.717, 1.165) is 5.56 Å². The van der Waals surface area contributed by atoms with E-state index in [2.05, 4.69) is 5.32 Å². The van der Waals surface area contributed by atoms with Crippen molar-refractivity contribution in [1.29, 1.82) is 0 Å². The molecule has 0 saturated carbocycles. The van der Waals surface area contributed by atoms with Crippen molar-refractivity contribution < 1.29 is 22.7 Å². The monoisotopic (exact) mass is 362 g/mol. The lowest BCUT2D eigenvalue weighted by Gasteiger charge is -2.10. The van der Waals surface area contributed by atoms with Gasteiger partial charge in [-0.15, -0.1) is 0 Å². The number of methoxy groups -OCH3 is 1. The summed E-state index contributed by atoms with van der Waals surface area (Å²) in [6, 6.07) is 10.1. The number of sulfonamides is 1. The Balaban J connectivity index is 2.20. The summed E-state index contributed by atoms with van der Waals surface area (Å²) in [6.07, 6.45) is 0. The van der Waals surface area contributed by atoms with E-state index in [1.165, 1.54) is 50.4 Å². The third-order valence-electron chi connectivity index (χ3n) is 3.38.